The standard InChI is InChI=1S/C24H25F2N3O3/c1-2-11-31-24(30)28-17-7-5-16(6-8-17)22-20(13-27)19-10-9-18(32-23(25)26)12-21(19)29(22)14-15-3-4-15/h5-10,12,15,20,22-23H,2-4,11,14H2,1H3,(H,28,30). The Hall–Kier alpha value is -3.34. The van der Waals surface area contributed by atoms with Crippen LogP contribution in [-0.4, -0.2) is 25.9 Å². The molecule has 1 fully saturated rings. The fourth-order valence-corrected chi connectivity index (χ4v) is 4.13. The van der Waals surface area contributed by atoms with Crippen molar-refractivity contribution in [2.75, 3.05) is 23.4 Å². The molecule has 0 bridgehead atoms. The Labute approximate surface area is 185 Å². The van der Waals surface area contributed by atoms with Crippen LogP contribution in [0, 0.1) is 17.2 Å². The number of benzene rings is 2. The predicted octanol–water partition coefficient (Wildman–Crippen LogP) is 5.82. The van der Waals surface area contributed by atoms with Crippen LogP contribution < -0.4 is 15.0 Å². The van der Waals surface area contributed by atoms with Crippen LogP contribution >= 0.6 is 0 Å². The van der Waals surface area contributed by atoms with Crippen LogP contribution in [0.4, 0.5) is 25.0 Å². The Kier molecular flexibility index (Phi) is 6.45. The van der Waals surface area contributed by atoms with Gasteiger partial charge in [0.1, 0.15) is 5.75 Å². The second-order valence-corrected chi connectivity index (χ2v) is 8.13. The average Bonchev–Trinajstić information content (AvgIpc) is 3.54. The van der Waals surface area contributed by atoms with Gasteiger partial charge < -0.3 is 14.4 Å². The molecule has 2 atom stereocenters. The van der Waals surface area contributed by atoms with Gasteiger partial charge in [-0.3, -0.25) is 5.32 Å². The highest BCUT2D eigenvalue weighted by atomic mass is 19.3. The number of nitrogens with one attached hydrogen (secondary N) is 1. The Morgan fingerprint density at radius 1 is 1.25 bits per heavy atom. The average molecular weight is 441 g/mol. The van der Waals surface area contributed by atoms with E-state index in [1.165, 1.54) is 6.07 Å². The third-order valence-corrected chi connectivity index (χ3v) is 5.75. The zero-order chi connectivity index (χ0) is 22.7. The van der Waals surface area contributed by atoms with Crippen molar-refractivity contribution in [1.82, 2.24) is 0 Å². The first-order chi connectivity index (χ1) is 15.5. The number of nitrogens with zero attached hydrogens (tertiary/aromatic N) is 2. The van der Waals surface area contributed by atoms with Crippen LogP contribution in [0.3, 0.4) is 0 Å². The highest BCUT2D eigenvalue weighted by molar-refractivity contribution is 5.84. The summed E-state index contributed by atoms with van der Waals surface area (Å²) in [5.41, 5.74) is 3.08. The fourth-order valence-electron chi connectivity index (χ4n) is 4.13. The van der Waals surface area contributed by atoms with E-state index < -0.39 is 18.6 Å². The van der Waals surface area contributed by atoms with Gasteiger partial charge in [-0.05, 0) is 54.5 Å². The van der Waals surface area contributed by atoms with Crippen molar-refractivity contribution in [3.63, 3.8) is 0 Å². The van der Waals surface area contributed by atoms with Crippen molar-refractivity contribution < 1.29 is 23.0 Å². The fraction of sp³-hybridized carbons (Fsp3) is 0.417. The Balaban J connectivity index is 1.61. The summed E-state index contributed by atoms with van der Waals surface area (Å²) in [4.78, 5) is 13.9. The molecule has 1 heterocycles. The van der Waals surface area contributed by atoms with E-state index in [0.717, 1.165) is 42.6 Å². The number of anilines is 2. The lowest BCUT2D eigenvalue weighted by atomic mass is 9.91. The van der Waals surface area contributed by atoms with Gasteiger partial charge in [-0.2, -0.15) is 14.0 Å². The summed E-state index contributed by atoms with van der Waals surface area (Å²) in [7, 11) is 0. The number of nitriles is 1. The predicted molar refractivity (Wildman–Crippen MR) is 116 cm³/mol. The van der Waals surface area contributed by atoms with Crippen LogP contribution in [0.15, 0.2) is 42.5 Å². The van der Waals surface area contributed by atoms with E-state index >= 15 is 0 Å². The van der Waals surface area contributed by atoms with Gasteiger partial charge in [0.2, 0.25) is 0 Å². The summed E-state index contributed by atoms with van der Waals surface area (Å²) in [5, 5.41) is 12.7. The quantitative estimate of drug-likeness (QED) is 0.558. The molecule has 1 N–H and O–H groups in total. The molecule has 1 amide bonds. The molecular weight excluding hydrogens is 416 g/mol. The van der Waals surface area contributed by atoms with Gasteiger partial charge in [0.15, 0.2) is 0 Å². The second-order valence-electron chi connectivity index (χ2n) is 8.13. The number of amides is 1. The van der Waals surface area contributed by atoms with Crippen molar-refractivity contribution >= 4 is 17.5 Å². The lowest BCUT2D eigenvalue weighted by Gasteiger charge is -2.29. The van der Waals surface area contributed by atoms with E-state index in [4.69, 9.17) is 4.74 Å². The summed E-state index contributed by atoms with van der Waals surface area (Å²) in [6.07, 6.45) is 2.47. The monoisotopic (exact) mass is 441 g/mol. The summed E-state index contributed by atoms with van der Waals surface area (Å²) in [6.45, 7) is 0.111. The topological polar surface area (TPSA) is 74.6 Å². The number of halogens is 2. The van der Waals surface area contributed by atoms with Gasteiger partial charge in [0.05, 0.1) is 24.6 Å². The van der Waals surface area contributed by atoms with Crippen molar-refractivity contribution in [3.05, 3.63) is 53.6 Å². The number of carbonyl (C=O) groups excluding carboxylic acids is 1. The van der Waals surface area contributed by atoms with Crippen LogP contribution in [-0.2, 0) is 4.74 Å². The first kappa shape index (κ1) is 21.9. The molecule has 0 spiro atoms. The molecule has 1 saturated carbocycles. The number of ether oxygens (including phenoxy) is 2. The van der Waals surface area contributed by atoms with E-state index in [1.54, 1.807) is 24.3 Å². The molecule has 0 saturated heterocycles. The molecule has 2 unspecified atom stereocenters. The lowest BCUT2D eigenvalue weighted by Crippen LogP contribution is -2.28. The van der Waals surface area contributed by atoms with Crippen molar-refractivity contribution in [3.8, 4) is 11.8 Å². The van der Waals surface area contributed by atoms with Gasteiger partial charge in [-0.1, -0.05) is 25.1 Å². The minimum atomic E-state index is -2.90. The largest absolute Gasteiger partial charge is 0.449 e. The van der Waals surface area contributed by atoms with E-state index in [2.05, 4.69) is 21.0 Å². The summed E-state index contributed by atoms with van der Waals surface area (Å²) in [6, 6.07) is 14.3. The number of fused-ring (bicyclic) bond motifs is 1. The number of hydrogen-bond donors (Lipinski definition) is 1. The number of hydrogen-bond acceptors (Lipinski definition) is 5. The van der Waals surface area contributed by atoms with E-state index in [-0.39, 0.29) is 11.8 Å². The summed E-state index contributed by atoms with van der Waals surface area (Å²) in [5.74, 6) is 0.163. The Bertz CT molecular complexity index is 1000. The first-order valence-electron chi connectivity index (χ1n) is 10.8. The summed E-state index contributed by atoms with van der Waals surface area (Å²) < 4.78 is 35.1. The number of carbonyl (C=O) groups is 1. The van der Waals surface area contributed by atoms with Crippen LogP contribution in [0.5, 0.6) is 5.75 Å². The minimum Gasteiger partial charge on any atom is -0.449 e. The summed E-state index contributed by atoms with van der Waals surface area (Å²) >= 11 is 0. The molecule has 0 radical (unpaired) electrons. The second kappa shape index (κ2) is 9.43. The Morgan fingerprint density at radius 3 is 2.62 bits per heavy atom. The van der Waals surface area contributed by atoms with Gasteiger partial charge in [0.25, 0.3) is 0 Å². The van der Waals surface area contributed by atoms with E-state index in [0.29, 0.717) is 18.2 Å². The smallest absolute Gasteiger partial charge is 0.411 e. The molecule has 8 heteroatoms. The van der Waals surface area contributed by atoms with Gasteiger partial charge in [0, 0.05) is 24.0 Å². The molecule has 2 aliphatic rings. The molecule has 168 valence electrons. The molecule has 2 aromatic rings. The molecule has 6 nitrogen and oxygen atoms in total. The van der Waals surface area contributed by atoms with Gasteiger partial charge >= 0.3 is 12.7 Å². The van der Waals surface area contributed by atoms with Crippen molar-refractivity contribution in [1.29, 1.82) is 5.26 Å². The molecule has 4 rings (SSSR count). The third kappa shape index (κ3) is 4.77. The zero-order valence-corrected chi connectivity index (χ0v) is 17.8. The van der Waals surface area contributed by atoms with Crippen LogP contribution in [0.25, 0.3) is 0 Å². The number of rotatable bonds is 8. The van der Waals surface area contributed by atoms with Crippen molar-refractivity contribution in [2.24, 2.45) is 5.92 Å². The third-order valence-electron chi connectivity index (χ3n) is 5.75. The Morgan fingerprint density at radius 2 is 2.00 bits per heavy atom. The maximum Gasteiger partial charge on any atom is 0.411 e. The maximum absolute atomic E-state index is 12.7. The highest BCUT2D eigenvalue weighted by Crippen LogP contribution is 2.51. The van der Waals surface area contributed by atoms with E-state index in [9.17, 15) is 18.8 Å². The van der Waals surface area contributed by atoms with Crippen LogP contribution in [0.1, 0.15) is 49.3 Å². The maximum atomic E-state index is 12.7. The molecule has 1 aliphatic carbocycles. The zero-order valence-electron chi connectivity index (χ0n) is 17.8. The molecule has 2 aromatic carbocycles. The molecule has 0 aromatic heterocycles. The van der Waals surface area contributed by atoms with Crippen molar-refractivity contribution in [2.45, 2.75) is 44.8 Å². The van der Waals surface area contributed by atoms with Gasteiger partial charge in [-0.15, -0.1) is 0 Å². The number of alkyl halides is 2. The molecule has 1 aliphatic heterocycles. The minimum absolute atomic E-state index is 0.0852. The highest BCUT2D eigenvalue weighted by Gasteiger charge is 2.42. The normalized spacial score (nSPS) is 19.4. The SMILES string of the molecule is CCCOC(=O)Nc1ccc(C2C(C#N)c3ccc(OC(F)F)cc3N2CC2CC2)cc1. The van der Waals surface area contributed by atoms with Crippen LogP contribution in [0.2, 0.25) is 0 Å². The molecule has 32 heavy (non-hydrogen) atoms. The lowest BCUT2D eigenvalue weighted by molar-refractivity contribution is -0.0498. The molecular formula is C24H25F2N3O3. The first-order valence-corrected chi connectivity index (χ1v) is 10.8. The van der Waals surface area contributed by atoms with E-state index in [1.807, 2.05) is 19.1 Å². The van der Waals surface area contributed by atoms with Gasteiger partial charge in [-0.25, -0.2) is 4.79 Å².